The van der Waals surface area contributed by atoms with Crippen LogP contribution in [0.3, 0.4) is 0 Å². The summed E-state index contributed by atoms with van der Waals surface area (Å²) in [6.07, 6.45) is 0. The predicted molar refractivity (Wildman–Crippen MR) is 65.8 cm³/mol. The van der Waals surface area contributed by atoms with Crippen molar-refractivity contribution in [3.05, 3.63) is 47.3 Å². The molecular weight excluding hydrogens is 188 g/mol. The van der Waals surface area contributed by atoms with Gasteiger partial charge in [0.15, 0.2) is 0 Å². The van der Waals surface area contributed by atoms with Crippen molar-refractivity contribution in [3.8, 4) is 10.4 Å². The molecule has 0 N–H and O–H groups in total. The van der Waals surface area contributed by atoms with Crippen LogP contribution in [0.4, 0.5) is 0 Å². The maximum absolute atomic E-state index is 2.21. The van der Waals surface area contributed by atoms with Crippen LogP contribution in [-0.4, -0.2) is 0 Å². The van der Waals surface area contributed by atoms with Crippen LogP contribution in [0, 0.1) is 6.92 Å². The van der Waals surface area contributed by atoms with Gasteiger partial charge in [0.25, 0.3) is 0 Å². The predicted octanol–water partition coefficient (Wildman–Crippen LogP) is 4.75. The van der Waals surface area contributed by atoms with Gasteiger partial charge in [-0.25, -0.2) is 0 Å². The highest BCUT2D eigenvalue weighted by atomic mass is 32.1. The second-order valence-corrected chi connectivity index (χ2v) is 3.79. The van der Waals surface area contributed by atoms with Crippen LogP contribution in [-0.2, 0) is 0 Å². The smallest absolute Gasteiger partial charge is 0.0342 e. The minimum absolute atomic E-state index is 1.32. The molecule has 1 aromatic heterocycles. The van der Waals surface area contributed by atoms with E-state index in [4.69, 9.17) is 0 Å². The first-order chi connectivity index (χ1) is 6.86. The number of hydrogen-bond acceptors (Lipinski definition) is 1. The Morgan fingerprint density at radius 1 is 1.00 bits per heavy atom. The van der Waals surface area contributed by atoms with Gasteiger partial charge in [0.2, 0.25) is 0 Å². The lowest BCUT2D eigenvalue weighted by Crippen LogP contribution is -1.73. The van der Waals surface area contributed by atoms with Gasteiger partial charge < -0.3 is 0 Å². The Hall–Kier alpha value is -1.08. The highest BCUT2D eigenvalue weighted by Crippen LogP contribution is 2.24. The average molecular weight is 204 g/mol. The number of benzene rings is 1. The Morgan fingerprint density at radius 2 is 1.79 bits per heavy atom. The van der Waals surface area contributed by atoms with E-state index in [0.717, 1.165) is 0 Å². The molecular formula is C13H16S. The van der Waals surface area contributed by atoms with Gasteiger partial charge in [-0.3, -0.25) is 0 Å². The second-order valence-electron chi connectivity index (χ2n) is 2.85. The normalized spacial score (nSPS) is 9.07. The Labute approximate surface area is 90.2 Å². The molecule has 0 aliphatic heterocycles. The van der Waals surface area contributed by atoms with E-state index in [9.17, 15) is 0 Å². The van der Waals surface area contributed by atoms with E-state index in [1.165, 1.54) is 16.0 Å². The SMILES string of the molecule is CC.Cc1cccc(-c2cccs2)c1. The zero-order valence-electron chi connectivity index (χ0n) is 8.95. The highest BCUT2D eigenvalue weighted by molar-refractivity contribution is 7.13. The molecule has 0 bridgehead atoms. The molecule has 14 heavy (non-hydrogen) atoms. The third-order valence-corrected chi connectivity index (χ3v) is 2.74. The minimum Gasteiger partial charge on any atom is -0.144 e. The zero-order chi connectivity index (χ0) is 10.4. The van der Waals surface area contributed by atoms with Crippen LogP contribution in [0.2, 0.25) is 0 Å². The summed E-state index contributed by atoms with van der Waals surface area (Å²) in [7, 11) is 0. The van der Waals surface area contributed by atoms with E-state index in [2.05, 4.69) is 48.7 Å². The van der Waals surface area contributed by atoms with Crippen LogP contribution in [0.15, 0.2) is 41.8 Å². The number of aryl methyl sites for hydroxylation is 1. The lowest BCUT2D eigenvalue weighted by molar-refractivity contribution is 1.48. The van der Waals surface area contributed by atoms with Crippen molar-refractivity contribution in [1.29, 1.82) is 0 Å². The molecule has 0 fully saturated rings. The van der Waals surface area contributed by atoms with Crippen LogP contribution in [0.1, 0.15) is 19.4 Å². The fourth-order valence-electron chi connectivity index (χ4n) is 1.24. The van der Waals surface area contributed by atoms with E-state index >= 15 is 0 Å². The molecule has 0 radical (unpaired) electrons. The molecule has 2 rings (SSSR count). The average Bonchev–Trinajstić information content (AvgIpc) is 2.74. The lowest BCUT2D eigenvalue weighted by Gasteiger charge is -1.97. The Bertz CT molecular complexity index is 360. The molecule has 0 spiro atoms. The van der Waals surface area contributed by atoms with Gasteiger partial charge in [-0.15, -0.1) is 11.3 Å². The topological polar surface area (TPSA) is 0 Å². The van der Waals surface area contributed by atoms with Gasteiger partial charge in [0.1, 0.15) is 0 Å². The first-order valence-corrected chi connectivity index (χ1v) is 5.85. The van der Waals surface area contributed by atoms with Crippen LogP contribution >= 0.6 is 11.3 Å². The van der Waals surface area contributed by atoms with Gasteiger partial charge in [-0.05, 0) is 23.9 Å². The van der Waals surface area contributed by atoms with Gasteiger partial charge >= 0.3 is 0 Å². The summed E-state index contributed by atoms with van der Waals surface area (Å²) < 4.78 is 0. The summed E-state index contributed by atoms with van der Waals surface area (Å²) in [6.45, 7) is 6.12. The third kappa shape index (κ3) is 2.71. The van der Waals surface area contributed by atoms with Gasteiger partial charge in [-0.1, -0.05) is 49.7 Å². The molecule has 0 nitrogen and oxygen atoms in total. The second kappa shape index (κ2) is 5.61. The number of hydrogen-bond donors (Lipinski definition) is 0. The van der Waals surface area contributed by atoms with Crippen LogP contribution in [0.5, 0.6) is 0 Å². The van der Waals surface area contributed by atoms with Gasteiger partial charge in [0.05, 0.1) is 0 Å². The first-order valence-electron chi connectivity index (χ1n) is 4.97. The summed E-state index contributed by atoms with van der Waals surface area (Å²) >= 11 is 1.78. The van der Waals surface area contributed by atoms with E-state index in [-0.39, 0.29) is 0 Å². The Balaban J connectivity index is 0.000000461. The molecule has 0 aliphatic carbocycles. The molecule has 0 aliphatic rings. The summed E-state index contributed by atoms with van der Waals surface area (Å²) in [6, 6.07) is 12.8. The van der Waals surface area contributed by atoms with Gasteiger partial charge in [-0.2, -0.15) is 0 Å². The molecule has 1 aromatic carbocycles. The highest BCUT2D eigenvalue weighted by Gasteiger charge is 1.96. The molecule has 1 heteroatoms. The van der Waals surface area contributed by atoms with Crippen LogP contribution in [0.25, 0.3) is 10.4 Å². The summed E-state index contributed by atoms with van der Waals surface area (Å²) in [5.41, 5.74) is 2.64. The lowest BCUT2D eigenvalue weighted by atomic mass is 10.1. The maximum Gasteiger partial charge on any atom is 0.0342 e. The summed E-state index contributed by atoms with van der Waals surface area (Å²) in [5.74, 6) is 0. The van der Waals surface area contributed by atoms with Crippen molar-refractivity contribution in [2.24, 2.45) is 0 Å². The molecule has 74 valence electrons. The minimum atomic E-state index is 1.32. The fraction of sp³-hybridized carbons (Fsp3) is 0.231. The van der Waals surface area contributed by atoms with Crippen molar-refractivity contribution in [2.75, 3.05) is 0 Å². The molecule has 0 saturated carbocycles. The number of rotatable bonds is 1. The molecule has 1 heterocycles. The third-order valence-electron chi connectivity index (χ3n) is 1.82. The van der Waals surface area contributed by atoms with E-state index in [1.54, 1.807) is 11.3 Å². The Kier molecular flexibility index (Phi) is 4.41. The van der Waals surface area contributed by atoms with Gasteiger partial charge in [0, 0.05) is 4.88 Å². The molecule has 0 atom stereocenters. The standard InChI is InChI=1S/C11H10S.C2H6/c1-9-4-2-5-10(8-9)11-6-3-7-12-11;1-2/h2-8H,1H3;1-2H3. The maximum atomic E-state index is 2.21. The van der Waals surface area contributed by atoms with Crippen molar-refractivity contribution in [3.63, 3.8) is 0 Å². The zero-order valence-corrected chi connectivity index (χ0v) is 9.77. The molecule has 2 aromatic rings. The van der Waals surface area contributed by atoms with Crippen molar-refractivity contribution in [1.82, 2.24) is 0 Å². The van der Waals surface area contributed by atoms with Crippen molar-refractivity contribution < 1.29 is 0 Å². The first kappa shape index (κ1) is 11.0. The monoisotopic (exact) mass is 204 g/mol. The molecule has 0 unspecified atom stereocenters. The summed E-state index contributed by atoms with van der Waals surface area (Å²) in [4.78, 5) is 1.35. The Morgan fingerprint density at radius 3 is 2.36 bits per heavy atom. The van der Waals surface area contributed by atoms with E-state index in [0.29, 0.717) is 0 Å². The van der Waals surface area contributed by atoms with E-state index in [1.807, 2.05) is 13.8 Å². The van der Waals surface area contributed by atoms with E-state index < -0.39 is 0 Å². The van der Waals surface area contributed by atoms with Crippen molar-refractivity contribution >= 4 is 11.3 Å². The fourth-order valence-corrected chi connectivity index (χ4v) is 1.97. The van der Waals surface area contributed by atoms with Crippen LogP contribution < -0.4 is 0 Å². The quantitative estimate of drug-likeness (QED) is 0.629. The molecule has 0 saturated heterocycles. The molecule has 0 amide bonds. The van der Waals surface area contributed by atoms with Crippen molar-refractivity contribution in [2.45, 2.75) is 20.8 Å². The largest absolute Gasteiger partial charge is 0.144 e. The summed E-state index contributed by atoms with van der Waals surface area (Å²) in [5, 5.41) is 2.11. The number of thiophene rings is 1.